The van der Waals surface area contributed by atoms with Crippen molar-refractivity contribution in [3.8, 4) is 28.7 Å². The molecule has 6 nitrogen and oxygen atoms in total. The van der Waals surface area contributed by atoms with E-state index in [9.17, 15) is 5.11 Å². The van der Waals surface area contributed by atoms with Crippen molar-refractivity contribution < 1.29 is 9.63 Å². The first-order chi connectivity index (χ1) is 8.84. The quantitative estimate of drug-likeness (QED) is 0.736. The summed E-state index contributed by atoms with van der Waals surface area (Å²) in [5.74, 6) is 0.578. The summed E-state index contributed by atoms with van der Waals surface area (Å²) in [4.78, 5) is 12.1. The maximum Gasteiger partial charge on any atom is 0.280 e. The Morgan fingerprint density at radius 3 is 2.78 bits per heavy atom. The van der Waals surface area contributed by atoms with Crippen LogP contribution >= 0.6 is 0 Å². The molecule has 0 saturated heterocycles. The summed E-state index contributed by atoms with van der Waals surface area (Å²) in [6, 6.07) is 6.73. The summed E-state index contributed by atoms with van der Waals surface area (Å²) in [5.41, 5.74) is 1.00. The molecule has 0 atom stereocenters. The Kier molecular flexibility index (Phi) is 2.45. The van der Waals surface area contributed by atoms with Gasteiger partial charge in [0.15, 0.2) is 5.69 Å². The molecule has 3 aromatic heterocycles. The van der Waals surface area contributed by atoms with Crippen LogP contribution < -0.4 is 0 Å². The minimum absolute atomic E-state index is 0.00103. The molecule has 6 heteroatoms. The van der Waals surface area contributed by atoms with E-state index in [1.165, 1.54) is 6.07 Å². The van der Waals surface area contributed by atoms with Crippen LogP contribution in [0.3, 0.4) is 0 Å². The molecule has 0 aliphatic heterocycles. The Morgan fingerprint density at radius 1 is 1.11 bits per heavy atom. The molecule has 0 aliphatic carbocycles. The first kappa shape index (κ1) is 10.4. The highest BCUT2D eigenvalue weighted by molar-refractivity contribution is 5.60. The second kappa shape index (κ2) is 4.25. The van der Waals surface area contributed by atoms with E-state index in [4.69, 9.17) is 4.52 Å². The molecule has 0 fully saturated rings. The average molecular weight is 240 g/mol. The van der Waals surface area contributed by atoms with Crippen molar-refractivity contribution in [1.82, 2.24) is 20.1 Å². The molecule has 3 heterocycles. The molecule has 0 bridgehead atoms. The van der Waals surface area contributed by atoms with Gasteiger partial charge in [0, 0.05) is 24.2 Å². The van der Waals surface area contributed by atoms with Gasteiger partial charge in [0.25, 0.3) is 5.89 Å². The number of aromatic nitrogens is 4. The Morgan fingerprint density at radius 2 is 2.00 bits per heavy atom. The van der Waals surface area contributed by atoms with Crippen LogP contribution in [0.5, 0.6) is 5.75 Å². The number of aromatic hydroxyl groups is 1. The van der Waals surface area contributed by atoms with E-state index >= 15 is 0 Å². The zero-order valence-electron chi connectivity index (χ0n) is 9.19. The van der Waals surface area contributed by atoms with E-state index < -0.39 is 0 Å². The molecule has 0 radical (unpaired) electrons. The van der Waals surface area contributed by atoms with E-state index in [-0.39, 0.29) is 17.3 Å². The molecule has 0 saturated carbocycles. The molecule has 3 aromatic rings. The zero-order chi connectivity index (χ0) is 12.4. The third-order valence-corrected chi connectivity index (χ3v) is 2.33. The summed E-state index contributed by atoms with van der Waals surface area (Å²) in [5, 5.41) is 13.5. The molecule has 0 aromatic carbocycles. The molecule has 88 valence electrons. The smallest absolute Gasteiger partial charge is 0.280 e. The summed E-state index contributed by atoms with van der Waals surface area (Å²) in [6.45, 7) is 0. The van der Waals surface area contributed by atoms with Gasteiger partial charge in [-0.2, -0.15) is 4.98 Å². The highest BCUT2D eigenvalue weighted by Gasteiger charge is 2.14. The zero-order valence-corrected chi connectivity index (χ0v) is 9.19. The molecule has 0 unspecified atom stereocenters. The Bertz CT molecular complexity index is 667. The first-order valence-corrected chi connectivity index (χ1v) is 5.23. The first-order valence-electron chi connectivity index (χ1n) is 5.23. The minimum Gasteiger partial charge on any atom is -0.505 e. The van der Waals surface area contributed by atoms with Crippen molar-refractivity contribution in [3.05, 3.63) is 42.9 Å². The third-order valence-electron chi connectivity index (χ3n) is 2.33. The van der Waals surface area contributed by atoms with Gasteiger partial charge < -0.3 is 9.63 Å². The summed E-state index contributed by atoms with van der Waals surface area (Å²) in [7, 11) is 0. The van der Waals surface area contributed by atoms with E-state index in [0.717, 1.165) is 5.56 Å². The van der Waals surface area contributed by atoms with Gasteiger partial charge >= 0.3 is 0 Å². The summed E-state index contributed by atoms with van der Waals surface area (Å²) in [6.07, 6.45) is 4.84. The van der Waals surface area contributed by atoms with Gasteiger partial charge in [-0.05, 0) is 24.3 Å². The van der Waals surface area contributed by atoms with Gasteiger partial charge in [0.05, 0.1) is 0 Å². The van der Waals surface area contributed by atoms with E-state index in [0.29, 0.717) is 5.82 Å². The largest absolute Gasteiger partial charge is 0.505 e. The van der Waals surface area contributed by atoms with Gasteiger partial charge in [-0.15, -0.1) is 0 Å². The SMILES string of the molecule is Oc1cccnc1-c1nc(-c2cccnc2)no1. The highest BCUT2D eigenvalue weighted by Crippen LogP contribution is 2.26. The summed E-state index contributed by atoms with van der Waals surface area (Å²) < 4.78 is 5.07. The number of hydrogen-bond donors (Lipinski definition) is 1. The molecule has 0 aliphatic rings. The average Bonchev–Trinajstić information content (AvgIpc) is 2.90. The van der Waals surface area contributed by atoms with Crippen molar-refractivity contribution in [1.29, 1.82) is 0 Å². The van der Waals surface area contributed by atoms with Crippen LogP contribution in [0.4, 0.5) is 0 Å². The molecule has 18 heavy (non-hydrogen) atoms. The molecular weight excluding hydrogens is 232 g/mol. The van der Waals surface area contributed by atoms with Crippen LogP contribution in [-0.2, 0) is 0 Å². The Hall–Kier alpha value is -2.76. The van der Waals surface area contributed by atoms with Crippen LogP contribution in [0.15, 0.2) is 47.4 Å². The van der Waals surface area contributed by atoms with E-state index in [1.807, 2.05) is 6.07 Å². The normalized spacial score (nSPS) is 10.4. The molecular formula is C12H8N4O2. The van der Waals surface area contributed by atoms with Crippen molar-refractivity contribution in [3.63, 3.8) is 0 Å². The predicted molar refractivity (Wildman–Crippen MR) is 62.4 cm³/mol. The van der Waals surface area contributed by atoms with Gasteiger partial charge in [-0.25, -0.2) is 4.98 Å². The molecule has 0 spiro atoms. The van der Waals surface area contributed by atoms with Gasteiger partial charge in [0.1, 0.15) is 5.75 Å². The van der Waals surface area contributed by atoms with E-state index in [2.05, 4.69) is 20.1 Å². The van der Waals surface area contributed by atoms with Crippen molar-refractivity contribution >= 4 is 0 Å². The number of rotatable bonds is 2. The molecule has 0 amide bonds. The minimum atomic E-state index is -0.00103. The summed E-state index contributed by atoms with van der Waals surface area (Å²) >= 11 is 0. The molecule has 3 rings (SSSR count). The van der Waals surface area contributed by atoms with Crippen molar-refractivity contribution in [2.75, 3.05) is 0 Å². The standard InChI is InChI=1S/C12H8N4O2/c17-9-4-2-6-14-10(9)12-15-11(16-18-12)8-3-1-5-13-7-8/h1-7,17H. The number of nitrogens with zero attached hydrogens (tertiary/aromatic N) is 4. The maximum absolute atomic E-state index is 9.64. The number of pyridine rings is 2. The fourth-order valence-corrected chi connectivity index (χ4v) is 1.49. The van der Waals surface area contributed by atoms with Crippen LogP contribution in [-0.4, -0.2) is 25.2 Å². The third kappa shape index (κ3) is 1.80. The van der Waals surface area contributed by atoms with Crippen LogP contribution in [0.25, 0.3) is 23.0 Å². The lowest BCUT2D eigenvalue weighted by molar-refractivity contribution is 0.423. The monoisotopic (exact) mass is 240 g/mol. The fourth-order valence-electron chi connectivity index (χ4n) is 1.49. The Balaban J connectivity index is 2.03. The highest BCUT2D eigenvalue weighted by atomic mass is 16.5. The van der Waals surface area contributed by atoms with Gasteiger partial charge in [-0.1, -0.05) is 5.16 Å². The second-order valence-corrected chi connectivity index (χ2v) is 3.54. The van der Waals surface area contributed by atoms with Crippen molar-refractivity contribution in [2.24, 2.45) is 0 Å². The lowest BCUT2D eigenvalue weighted by Crippen LogP contribution is -1.84. The second-order valence-electron chi connectivity index (χ2n) is 3.54. The lowest BCUT2D eigenvalue weighted by Gasteiger charge is -1.95. The fraction of sp³-hybridized carbons (Fsp3) is 0. The van der Waals surface area contributed by atoms with Gasteiger partial charge in [-0.3, -0.25) is 4.98 Å². The lowest BCUT2D eigenvalue weighted by atomic mass is 10.3. The van der Waals surface area contributed by atoms with Crippen LogP contribution in [0, 0.1) is 0 Å². The molecule has 1 N–H and O–H groups in total. The van der Waals surface area contributed by atoms with Crippen LogP contribution in [0.2, 0.25) is 0 Å². The predicted octanol–water partition coefficient (Wildman–Crippen LogP) is 1.90. The number of hydrogen-bond acceptors (Lipinski definition) is 6. The maximum atomic E-state index is 9.64. The van der Waals surface area contributed by atoms with Crippen LogP contribution in [0.1, 0.15) is 0 Å². The Labute approximate surface area is 102 Å². The topological polar surface area (TPSA) is 84.9 Å². The van der Waals surface area contributed by atoms with Gasteiger partial charge in [0.2, 0.25) is 5.82 Å². The van der Waals surface area contributed by atoms with E-state index in [1.54, 1.807) is 30.7 Å². The van der Waals surface area contributed by atoms with Crippen molar-refractivity contribution in [2.45, 2.75) is 0 Å².